The van der Waals surface area contributed by atoms with E-state index in [2.05, 4.69) is 5.32 Å². The third-order valence-electron chi connectivity index (χ3n) is 3.37. The number of hydrogen-bond acceptors (Lipinski definition) is 4. The molecule has 3 amide bonds. The quantitative estimate of drug-likeness (QED) is 0.675. The minimum atomic E-state index is -1.03. The highest BCUT2D eigenvalue weighted by atomic mass is 35.5. The Hall–Kier alpha value is -2.34. The van der Waals surface area contributed by atoms with E-state index in [-0.39, 0.29) is 6.54 Å². The van der Waals surface area contributed by atoms with Crippen LogP contribution in [-0.2, 0) is 14.3 Å². The summed E-state index contributed by atoms with van der Waals surface area (Å²) in [6, 6.07) is 4.91. The first kappa shape index (κ1) is 17.0. The van der Waals surface area contributed by atoms with Crippen LogP contribution in [0.2, 0.25) is 5.02 Å². The molecule has 7 heteroatoms. The molecule has 1 aliphatic heterocycles. The molecule has 1 saturated heterocycles. The van der Waals surface area contributed by atoms with Gasteiger partial charge in [0.25, 0.3) is 5.91 Å². The number of urea groups is 1. The molecule has 1 aliphatic rings. The van der Waals surface area contributed by atoms with E-state index in [1.165, 1.54) is 13.0 Å². The van der Waals surface area contributed by atoms with Gasteiger partial charge in [0, 0.05) is 24.2 Å². The third-order valence-corrected chi connectivity index (χ3v) is 3.78. The van der Waals surface area contributed by atoms with Crippen molar-refractivity contribution >= 4 is 35.6 Å². The minimum Gasteiger partial charge on any atom is -0.449 e. The third kappa shape index (κ3) is 4.32. The number of rotatable bonds is 4. The lowest BCUT2D eigenvalue weighted by Gasteiger charge is -2.17. The number of hydrogen-bond donors (Lipinski definition) is 1. The van der Waals surface area contributed by atoms with Crippen LogP contribution in [0.3, 0.4) is 0 Å². The van der Waals surface area contributed by atoms with E-state index in [1.54, 1.807) is 12.1 Å². The van der Waals surface area contributed by atoms with Crippen LogP contribution in [0.1, 0.15) is 18.1 Å². The molecule has 1 N–H and O–H groups in total. The molecule has 2 rings (SSSR count). The largest absolute Gasteiger partial charge is 0.449 e. The summed E-state index contributed by atoms with van der Waals surface area (Å²) in [5, 5.41) is 3.12. The van der Waals surface area contributed by atoms with Gasteiger partial charge in [-0.05, 0) is 37.1 Å². The van der Waals surface area contributed by atoms with Gasteiger partial charge in [-0.3, -0.25) is 9.69 Å². The Bertz CT molecular complexity index is 672. The molecule has 23 heavy (non-hydrogen) atoms. The molecule has 0 aromatic heterocycles. The van der Waals surface area contributed by atoms with Gasteiger partial charge >= 0.3 is 12.0 Å². The van der Waals surface area contributed by atoms with Gasteiger partial charge in [0.15, 0.2) is 6.10 Å². The highest BCUT2D eigenvalue weighted by Gasteiger charge is 2.31. The van der Waals surface area contributed by atoms with Gasteiger partial charge < -0.3 is 10.1 Å². The van der Waals surface area contributed by atoms with E-state index in [4.69, 9.17) is 16.3 Å². The van der Waals surface area contributed by atoms with Crippen molar-refractivity contribution in [3.63, 3.8) is 0 Å². The Kier molecular flexibility index (Phi) is 5.39. The predicted octanol–water partition coefficient (Wildman–Crippen LogP) is 2.15. The molecule has 1 aromatic carbocycles. The summed E-state index contributed by atoms with van der Waals surface area (Å²) in [4.78, 5) is 36.2. The number of nitrogens with zero attached hydrogens (tertiary/aromatic N) is 1. The Morgan fingerprint density at radius 3 is 2.78 bits per heavy atom. The van der Waals surface area contributed by atoms with Gasteiger partial charge in [-0.2, -0.15) is 0 Å². The first-order valence-electron chi connectivity index (χ1n) is 7.12. The fourth-order valence-electron chi connectivity index (χ4n) is 2.04. The number of aryl methyl sites for hydroxylation is 1. The second-order valence-electron chi connectivity index (χ2n) is 5.14. The molecule has 1 atom stereocenters. The molecule has 0 spiro atoms. The fraction of sp³-hybridized carbons (Fsp3) is 0.312. The molecular formula is C16H17ClN2O4. The van der Waals surface area contributed by atoms with Crippen molar-refractivity contribution < 1.29 is 19.1 Å². The summed E-state index contributed by atoms with van der Waals surface area (Å²) in [6.07, 6.45) is 1.74. The Labute approximate surface area is 139 Å². The molecule has 1 aromatic rings. The number of esters is 1. The maximum absolute atomic E-state index is 12.0. The number of ether oxygens (including phenoxy) is 1. The van der Waals surface area contributed by atoms with E-state index in [0.717, 1.165) is 16.0 Å². The van der Waals surface area contributed by atoms with E-state index in [0.29, 0.717) is 11.6 Å². The number of imide groups is 1. The number of carbonyl (C=O) groups excluding carboxylic acids is 3. The van der Waals surface area contributed by atoms with E-state index < -0.39 is 24.0 Å². The maximum atomic E-state index is 12.0. The van der Waals surface area contributed by atoms with Gasteiger partial charge in [-0.25, -0.2) is 9.59 Å². The minimum absolute atomic E-state index is 0.275. The summed E-state index contributed by atoms with van der Waals surface area (Å²) in [5.41, 5.74) is 1.69. The van der Waals surface area contributed by atoms with Gasteiger partial charge in [-0.15, -0.1) is 0 Å². The number of nitrogens with one attached hydrogen (secondary N) is 1. The Balaban J connectivity index is 1.93. The molecule has 1 fully saturated rings. The van der Waals surface area contributed by atoms with Crippen molar-refractivity contribution in [2.75, 3.05) is 13.1 Å². The van der Waals surface area contributed by atoms with Crippen molar-refractivity contribution in [2.24, 2.45) is 0 Å². The Morgan fingerprint density at radius 2 is 2.17 bits per heavy atom. The molecule has 1 heterocycles. The standard InChI is InChI=1S/C16H17ClN2O4/c1-10-3-4-12(9-13(10)17)5-6-14(20)23-11(2)15(21)19-8-7-18-16(19)22/h3-6,9,11H,7-8H2,1-2H3,(H,18,22)/b6-5+/t11-/m1/s1. The van der Waals surface area contributed by atoms with Crippen molar-refractivity contribution in [3.8, 4) is 0 Å². The normalized spacial score (nSPS) is 15.6. The second-order valence-corrected chi connectivity index (χ2v) is 5.55. The molecular weight excluding hydrogens is 320 g/mol. The van der Waals surface area contributed by atoms with Crippen LogP contribution in [0, 0.1) is 6.92 Å². The smallest absolute Gasteiger partial charge is 0.331 e. The SMILES string of the molecule is Cc1ccc(/C=C/C(=O)O[C@H](C)C(=O)N2CCNC2=O)cc1Cl. The zero-order valence-corrected chi connectivity index (χ0v) is 13.6. The van der Waals surface area contributed by atoms with Gasteiger partial charge in [0.05, 0.1) is 0 Å². The molecule has 0 aliphatic carbocycles. The number of amides is 3. The Morgan fingerprint density at radius 1 is 1.43 bits per heavy atom. The van der Waals surface area contributed by atoms with Crippen molar-refractivity contribution in [1.29, 1.82) is 0 Å². The van der Waals surface area contributed by atoms with Crippen LogP contribution in [0.25, 0.3) is 6.08 Å². The number of carbonyl (C=O) groups is 3. The fourth-order valence-corrected chi connectivity index (χ4v) is 2.23. The molecule has 6 nitrogen and oxygen atoms in total. The van der Waals surface area contributed by atoms with Crippen LogP contribution in [-0.4, -0.2) is 42.0 Å². The molecule has 0 saturated carbocycles. The second kappa shape index (κ2) is 7.28. The lowest BCUT2D eigenvalue weighted by atomic mass is 10.1. The van der Waals surface area contributed by atoms with Crippen molar-refractivity contribution in [1.82, 2.24) is 10.2 Å². The van der Waals surface area contributed by atoms with Gasteiger partial charge in [0.1, 0.15) is 0 Å². The number of benzene rings is 1. The average molecular weight is 337 g/mol. The predicted molar refractivity (Wildman–Crippen MR) is 85.9 cm³/mol. The van der Waals surface area contributed by atoms with Crippen LogP contribution in [0.4, 0.5) is 4.79 Å². The van der Waals surface area contributed by atoms with Crippen molar-refractivity contribution in [3.05, 3.63) is 40.4 Å². The van der Waals surface area contributed by atoms with Crippen LogP contribution in [0.5, 0.6) is 0 Å². The van der Waals surface area contributed by atoms with Crippen LogP contribution >= 0.6 is 11.6 Å². The first-order chi connectivity index (χ1) is 10.9. The van der Waals surface area contributed by atoms with Gasteiger partial charge in [-0.1, -0.05) is 23.7 Å². The molecule has 0 bridgehead atoms. The zero-order valence-electron chi connectivity index (χ0n) is 12.8. The van der Waals surface area contributed by atoms with E-state index >= 15 is 0 Å². The molecule has 0 unspecified atom stereocenters. The molecule has 122 valence electrons. The monoisotopic (exact) mass is 336 g/mol. The first-order valence-corrected chi connectivity index (χ1v) is 7.50. The summed E-state index contributed by atoms with van der Waals surface area (Å²) >= 11 is 6.00. The average Bonchev–Trinajstić information content (AvgIpc) is 2.93. The topological polar surface area (TPSA) is 75.7 Å². The van der Waals surface area contributed by atoms with Gasteiger partial charge in [0.2, 0.25) is 0 Å². The highest BCUT2D eigenvalue weighted by Crippen LogP contribution is 2.17. The molecule has 0 radical (unpaired) electrons. The summed E-state index contributed by atoms with van der Waals surface area (Å²) < 4.78 is 5.02. The van der Waals surface area contributed by atoms with Crippen LogP contribution in [0.15, 0.2) is 24.3 Å². The lowest BCUT2D eigenvalue weighted by molar-refractivity contribution is -0.153. The lowest BCUT2D eigenvalue weighted by Crippen LogP contribution is -2.41. The summed E-state index contributed by atoms with van der Waals surface area (Å²) in [7, 11) is 0. The highest BCUT2D eigenvalue weighted by molar-refractivity contribution is 6.31. The summed E-state index contributed by atoms with van der Waals surface area (Å²) in [6.45, 7) is 3.99. The van der Waals surface area contributed by atoms with E-state index in [9.17, 15) is 14.4 Å². The number of halogens is 1. The maximum Gasteiger partial charge on any atom is 0.331 e. The van der Waals surface area contributed by atoms with E-state index in [1.807, 2.05) is 19.1 Å². The summed E-state index contributed by atoms with van der Waals surface area (Å²) in [5.74, 6) is -1.21. The van der Waals surface area contributed by atoms with Crippen molar-refractivity contribution in [2.45, 2.75) is 20.0 Å². The zero-order chi connectivity index (χ0) is 17.0. The van der Waals surface area contributed by atoms with Crippen LogP contribution < -0.4 is 5.32 Å².